The van der Waals surface area contributed by atoms with E-state index in [0.717, 1.165) is 85.3 Å². The van der Waals surface area contributed by atoms with Crippen LogP contribution in [-0.4, -0.2) is 15.6 Å². The zero-order valence-corrected chi connectivity index (χ0v) is 51.3. The summed E-state index contributed by atoms with van der Waals surface area (Å²) in [6, 6.07) is 79.1. The Bertz CT molecular complexity index is 4550. The second-order valence-corrected chi connectivity index (χ2v) is 25.8. The van der Waals surface area contributed by atoms with E-state index in [9.17, 15) is 0 Å². The summed E-state index contributed by atoms with van der Waals surface area (Å²) in [5.74, 6) is 1.45. The smallest absolute Gasteiger partial charge is 0.509 e. The van der Waals surface area contributed by atoms with E-state index in [-0.39, 0.29) is 48.3 Å². The topological polar surface area (TPSA) is 33.1 Å². The number of fused-ring (bicyclic) bond motifs is 5. The van der Waals surface area contributed by atoms with Crippen molar-refractivity contribution in [2.45, 2.75) is 111 Å². The van der Waals surface area contributed by atoms with E-state index in [1.165, 1.54) is 27.8 Å². The molecule has 0 radical (unpaired) electrons. The van der Waals surface area contributed by atoms with Crippen molar-refractivity contribution in [2.24, 2.45) is 0 Å². The van der Waals surface area contributed by atoms with Gasteiger partial charge in [0.25, 0.3) is 11.4 Å². The van der Waals surface area contributed by atoms with E-state index >= 15 is 0 Å². The van der Waals surface area contributed by atoms with Crippen LogP contribution in [0.4, 0.5) is 22.7 Å². The van der Waals surface area contributed by atoms with Gasteiger partial charge in [-0.3, -0.25) is 0 Å². The van der Waals surface area contributed by atoms with Crippen LogP contribution in [0.15, 0.2) is 200 Å². The molecule has 0 spiro atoms. The molecule has 0 unspecified atom stereocenters. The Morgan fingerprint density at radius 1 is 0.530 bits per heavy atom. The van der Waals surface area contributed by atoms with Gasteiger partial charge in [-0.25, -0.2) is 4.98 Å². The van der Waals surface area contributed by atoms with Crippen LogP contribution in [0.3, 0.4) is 0 Å². The van der Waals surface area contributed by atoms with Crippen LogP contribution in [0, 0.1) is 19.0 Å². The number of aromatic nitrogens is 2. The number of pyridine rings is 1. The van der Waals surface area contributed by atoms with Gasteiger partial charge in [0.05, 0.1) is 11.1 Å². The van der Waals surface area contributed by atoms with E-state index in [4.69, 9.17) is 13.8 Å². The van der Waals surface area contributed by atoms with Crippen LogP contribution >= 0.6 is 0 Å². The quantitative estimate of drug-likeness (QED) is 0.107. The maximum atomic E-state index is 8.97. The Labute approximate surface area is 508 Å². The van der Waals surface area contributed by atoms with Gasteiger partial charge >= 0.3 is 27.1 Å². The molecule has 0 saturated heterocycles. The first-order valence-electron chi connectivity index (χ1n) is 30.2. The molecular weight excluding hydrogens is 1190 g/mol. The van der Waals surface area contributed by atoms with Crippen LogP contribution in [0.2, 0.25) is 0 Å². The van der Waals surface area contributed by atoms with Crippen LogP contribution < -0.4 is 13.9 Å². The first kappa shape index (κ1) is 51.7. The minimum Gasteiger partial charge on any atom is -0.509 e. The maximum Gasteiger partial charge on any atom is 2.00 e. The molecule has 1 aliphatic carbocycles. The maximum absolute atomic E-state index is 8.97. The predicted octanol–water partition coefficient (Wildman–Crippen LogP) is 20.3. The summed E-state index contributed by atoms with van der Waals surface area (Å²) in [6.45, 7) is 20.2. The van der Waals surface area contributed by atoms with E-state index in [1.54, 1.807) is 12.3 Å². The second-order valence-electron chi connectivity index (χ2n) is 25.8. The third kappa shape index (κ3) is 10.1. The van der Waals surface area contributed by atoms with Crippen molar-refractivity contribution in [3.8, 4) is 61.8 Å². The Hall–Kier alpha value is -8.20. The average molecular weight is 1270 g/mol. The summed E-state index contributed by atoms with van der Waals surface area (Å²) in [4.78, 5) is 5.14. The second kappa shape index (κ2) is 20.9. The zero-order chi connectivity index (χ0) is 59.4. The predicted molar refractivity (Wildman–Crippen MR) is 343 cm³/mol. The fourth-order valence-electron chi connectivity index (χ4n) is 12.3. The molecule has 0 bridgehead atoms. The molecule has 2 aliphatic rings. The van der Waals surface area contributed by atoms with Gasteiger partial charge in [0.1, 0.15) is 11.5 Å². The molecule has 0 atom stereocenters. The SMILES string of the molecule is [2H]C([2H])([2H])c1cc(-n2c3[c-]c(Oc4[c-]c([N+]5=C=[N+](c6c(-c7ccccc7)cccc6-c6cc(-c7ccccc7)cc(C(C)(C)C)c6)c6ccccc65)ccc4)ccc3c3cc(C(C)(C)C)ccc32)ncc1-c1ccc2c(c1)C(C)(C)CCC2(C)C.[Pt+2]. The monoisotopic (exact) mass is 1260 g/mol. The summed E-state index contributed by atoms with van der Waals surface area (Å²) < 4.78 is 40.0. The molecule has 13 rings (SSSR count). The zero-order valence-electron chi connectivity index (χ0n) is 52.0. The van der Waals surface area contributed by atoms with Crippen LogP contribution in [0.1, 0.15) is 114 Å². The van der Waals surface area contributed by atoms with Gasteiger partial charge in [-0.2, -0.15) is 12.1 Å². The number of rotatable bonds is 9. The Kier molecular flexibility index (Phi) is 13.0. The van der Waals surface area contributed by atoms with Crippen LogP contribution in [0.5, 0.6) is 11.5 Å². The van der Waals surface area contributed by atoms with Crippen molar-refractivity contribution in [2.75, 3.05) is 0 Å². The van der Waals surface area contributed by atoms with Gasteiger partial charge in [-0.15, -0.1) is 23.6 Å². The third-order valence-corrected chi connectivity index (χ3v) is 17.1. The largest absolute Gasteiger partial charge is 2.00 e. The van der Waals surface area contributed by atoms with Crippen molar-refractivity contribution in [1.29, 1.82) is 0 Å². The van der Waals surface area contributed by atoms with Gasteiger partial charge < -0.3 is 9.30 Å². The molecule has 9 aromatic carbocycles. The van der Waals surface area contributed by atoms with Gasteiger partial charge in [0, 0.05) is 45.0 Å². The fraction of sp³-hybridized carbons (Fsp3) is 0.221. The van der Waals surface area contributed by atoms with Gasteiger partial charge in [-0.05, 0) is 137 Å². The molecule has 3 heterocycles. The van der Waals surface area contributed by atoms with Crippen molar-refractivity contribution in [3.05, 3.63) is 240 Å². The molecule has 2 aromatic heterocycles. The fourth-order valence-corrected chi connectivity index (χ4v) is 12.3. The molecular formula is C77H70N4OPt+2. The third-order valence-electron chi connectivity index (χ3n) is 17.1. The normalized spacial score (nSPS) is 15.1. The van der Waals surface area contributed by atoms with E-state index in [2.05, 4.69) is 260 Å². The molecule has 0 fully saturated rings. The minimum atomic E-state index is -2.44. The van der Waals surface area contributed by atoms with Crippen molar-refractivity contribution >= 4 is 50.6 Å². The molecule has 1 aliphatic heterocycles. The number of aryl methyl sites for hydroxylation is 1. The van der Waals surface area contributed by atoms with Crippen molar-refractivity contribution in [1.82, 2.24) is 18.7 Å². The van der Waals surface area contributed by atoms with Gasteiger partial charge in [-0.1, -0.05) is 213 Å². The van der Waals surface area contributed by atoms with Gasteiger partial charge in [0.15, 0.2) is 0 Å². The standard InChI is InChI=1S/C77H70N4O.Pt/c1-50-40-72(78-48-65(50)53-32-36-66-67(44-53)77(10,11)39-38-76(66,8)9)81-68-37-33-56(74(2,3)4)45-64(68)63-35-34-60(47-71(63)81)82-59-27-20-26-58(46-59)79-49-80(70-31-19-18-30-69(70)79)73-61(52-24-16-13-17-25-52)28-21-29-62(73)55-41-54(51-22-14-12-15-23-51)42-57(43-55)75(5,6)7;/h12-37,40-45,48H,38-39H2,1-11H3;/q;+2/i1D3;. The number of hydrogen-bond donors (Lipinski definition) is 0. The molecule has 0 N–H and O–H groups in total. The summed E-state index contributed by atoms with van der Waals surface area (Å²) in [7, 11) is 0. The van der Waals surface area contributed by atoms with Gasteiger partial charge in [0.2, 0.25) is 5.69 Å². The molecule has 5 nitrogen and oxygen atoms in total. The molecule has 6 heteroatoms. The Morgan fingerprint density at radius 2 is 1.17 bits per heavy atom. The summed E-state index contributed by atoms with van der Waals surface area (Å²) >= 11 is 0. The Balaban J connectivity index is 0.00000724. The molecule has 412 valence electrons. The summed E-state index contributed by atoms with van der Waals surface area (Å²) in [5.41, 5.74) is 18.4. The molecule has 11 aromatic rings. The average Bonchev–Trinajstić information content (AvgIpc) is 1.70. The van der Waals surface area contributed by atoms with E-state index < -0.39 is 6.85 Å². The molecule has 83 heavy (non-hydrogen) atoms. The number of hydrogen-bond acceptors (Lipinski definition) is 2. The first-order chi connectivity index (χ1) is 40.5. The Morgan fingerprint density at radius 3 is 1.88 bits per heavy atom. The molecule has 0 amide bonds. The number of nitrogens with zero attached hydrogens (tertiary/aromatic N) is 4. The van der Waals surface area contributed by atoms with Crippen LogP contribution in [0.25, 0.3) is 72.1 Å². The first-order valence-corrected chi connectivity index (χ1v) is 28.7. The minimum absolute atomic E-state index is 0. The molecule has 0 saturated carbocycles. The number of benzene rings is 9. The summed E-state index contributed by atoms with van der Waals surface area (Å²) in [5, 5.41) is 1.96. The van der Waals surface area contributed by atoms with Crippen molar-refractivity contribution in [3.63, 3.8) is 0 Å². The van der Waals surface area contributed by atoms with E-state index in [1.807, 2.05) is 28.8 Å². The van der Waals surface area contributed by atoms with E-state index in [0.29, 0.717) is 28.4 Å². The van der Waals surface area contributed by atoms with Crippen molar-refractivity contribution < 1.29 is 29.9 Å². The number of para-hydroxylation sites is 3. The number of ether oxygens (including phenoxy) is 1. The van der Waals surface area contributed by atoms with Crippen LogP contribution in [-0.2, 0) is 42.7 Å². The summed E-state index contributed by atoms with van der Waals surface area (Å²) in [6.07, 6.45) is 3.90.